The van der Waals surface area contributed by atoms with Crippen LogP contribution in [0.1, 0.15) is 61.2 Å². The highest BCUT2D eigenvalue weighted by atomic mass is 32.1. The third-order valence-electron chi connectivity index (χ3n) is 4.90. The lowest BCUT2D eigenvalue weighted by Crippen LogP contribution is -2.34. The monoisotopic (exact) mass is 361 g/mol. The maximum atomic E-state index is 12.4. The fraction of sp³-hybridized carbons (Fsp3) is 0.632. The van der Waals surface area contributed by atoms with Crippen LogP contribution in [0.3, 0.4) is 0 Å². The van der Waals surface area contributed by atoms with Gasteiger partial charge in [-0.15, -0.1) is 11.3 Å². The molecule has 0 unspecified atom stereocenters. The van der Waals surface area contributed by atoms with Crippen LogP contribution in [0.4, 0.5) is 5.82 Å². The van der Waals surface area contributed by atoms with E-state index < -0.39 is 0 Å². The van der Waals surface area contributed by atoms with E-state index in [0.29, 0.717) is 23.4 Å². The SMILES string of the molecule is Cc1c(C(=O)OCC(C)C)sc2ncnc(N(C)C3CCCCC3)c12. The molecule has 136 valence electrons. The summed E-state index contributed by atoms with van der Waals surface area (Å²) in [6, 6.07) is 0.516. The molecule has 5 nitrogen and oxygen atoms in total. The summed E-state index contributed by atoms with van der Waals surface area (Å²) < 4.78 is 5.43. The predicted molar refractivity (Wildman–Crippen MR) is 103 cm³/mol. The average Bonchev–Trinajstić information content (AvgIpc) is 2.97. The number of thiophene rings is 1. The summed E-state index contributed by atoms with van der Waals surface area (Å²) >= 11 is 1.41. The summed E-state index contributed by atoms with van der Waals surface area (Å²) in [5.74, 6) is 1.01. The molecule has 1 aliphatic rings. The van der Waals surface area contributed by atoms with E-state index >= 15 is 0 Å². The van der Waals surface area contributed by atoms with E-state index in [1.54, 1.807) is 6.33 Å². The summed E-state index contributed by atoms with van der Waals surface area (Å²) in [5, 5.41) is 0.997. The van der Waals surface area contributed by atoms with Crippen molar-refractivity contribution in [2.24, 2.45) is 5.92 Å². The van der Waals surface area contributed by atoms with E-state index in [1.807, 2.05) is 20.8 Å². The number of nitrogens with zero attached hydrogens (tertiary/aromatic N) is 3. The highest BCUT2D eigenvalue weighted by molar-refractivity contribution is 7.20. The van der Waals surface area contributed by atoms with Crippen LogP contribution >= 0.6 is 11.3 Å². The predicted octanol–water partition coefficient (Wildman–Crippen LogP) is 4.58. The standard InChI is InChI=1S/C19H27N3O2S/c1-12(2)10-24-19(23)16-13(3)15-17(20-11-21-18(15)25-16)22(4)14-8-6-5-7-9-14/h11-12,14H,5-10H2,1-4H3. The molecule has 2 heterocycles. The Kier molecular flexibility index (Phi) is 5.57. The third kappa shape index (κ3) is 3.78. The molecule has 0 saturated heterocycles. The number of fused-ring (bicyclic) bond motifs is 1. The lowest BCUT2D eigenvalue weighted by molar-refractivity contribution is 0.0464. The van der Waals surface area contributed by atoms with Crippen molar-refractivity contribution in [1.82, 2.24) is 9.97 Å². The smallest absolute Gasteiger partial charge is 0.348 e. The number of anilines is 1. The second-order valence-corrected chi connectivity index (χ2v) is 8.33. The molecule has 6 heteroatoms. The van der Waals surface area contributed by atoms with Crippen molar-refractivity contribution in [3.63, 3.8) is 0 Å². The first-order chi connectivity index (χ1) is 12.0. The van der Waals surface area contributed by atoms with E-state index in [2.05, 4.69) is 21.9 Å². The number of hydrogen-bond acceptors (Lipinski definition) is 6. The number of ether oxygens (including phenoxy) is 1. The van der Waals surface area contributed by atoms with Gasteiger partial charge in [0, 0.05) is 13.1 Å². The number of esters is 1. The second kappa shape index (κ2) is 7.68. The molecule has 0 bridgehead atoms. The second-order valence-electron chi connectivity index (χ2n) is 7.33. The zero-order valence-electron chi connectivity index (χ0n) is 15.5. The van der Waals surface area contributed by atoms with Crippen molar-refractivity contribution < 1.29 is 9.53 Å². The molecule has 2 aromatic heterocycles. The maximum absolute atomic E-state index is 12.4. The molecule has 1 fully saturated rings. The third-order valence-corrected chi connectivity index (χ3v) is 6.08. The molecule has 0 radical (unpaired) electrons. The highest BCUT2D eigenvalue weighted by Gasteiger charge is 2.25. The van der Waals surface area contributed by atoms with Gasteiger partial charge in [0.1, 0.15) is 21.9 Å². The molecule has 2 aromatic rings. The maximum Gasteiger partial charge on any atom is 0.348 e. The largest absolute Gasteiger partial charge is 0.461 e. The molecule has 1 saturated carbocycles. The van der Waals surface area contributed by atoms with Gasteiger partial charge in [-0.1, -0.05) is 33.1 Å². The molecule has 0 atom stereocenters. The van der Waals surface area contributed by atoms with E-state index in [-0.39, 0.29) is 5.97 Å². The Morgan fingerprint density at radius 1 is 1.32 bits per heavy atom. The van der Waals surface area contributed by atoms with Gasteiger partial charge in [0.15, 0.2) is 0 Å². The quantitative estimate of drug-likeness (QED) is 0.730. The summed E-state index contributed by atoms with van der Waals surface area (Å²) in [5.41, 5.74) is 0.937. The first-order valence-electron chi connectivity index (χ1n) is 9.13. The fourth-order valence-electron chi connectivity index (χ4n) is 3.46. The van der Waals surface area contributed by atoms with Gasteiger partial charge < -0.3 is 9.64 Å². The van der Waals surface area contributed by atoms with E-state index in [4.69, 9.17) is 4.74 Å². The summed E-state index contributed by atoms with van der Waals surface area (Å²) in [6.45, 7) is 6.49. The van der Waals surface area contributed by atoms with Crippen molar-refractivity contribution in [2.75, 3.05) is 18.6 Å². The fourth-order valence-corrected chi connectivity index (χ4v) is 4.50. The molecule has 1 aliphatic carbocycles. The Balaban J connectivity index is 1.94. The van der Waals surface area contributed by atoms with Gasteiger partial charge in [-0.2, -0.15) is 0 Å². The Morgan fingerprint density at radius 3 is 2.72 bits per heavy atom. The minimum absolute atomic E-state index is 0.250. The molecule has 25 heavy (non-hydrogen) atoms. The number of carbonyl (C=O) groups is 1. The van der Waals surface area contributed by atoms with Gasteiger partial charge in [0.05, 0.1) is 12.0 Å². The normalized spacial score (nSPS) is 15.7. The van der Waals surface area contributed by atoms with Crippen LogP contribution in [-0.2, 0) is 4.74 Å². The average molecular weight is 362 g/mol. The van der Waals surface area contributed by atoms with E-state index in [1.165, 1.54) is 43.4 Å². The molecule has 0 amide bonds. The van der Waals surface area contributed by atoms with Crippen molar-refractivity contribution in [2.45, 2.75) is 58.9 Å². The van der Waals surface area contributed by atoms with Crippen LogP contribution < -0.4 is 4.90 Å². The van der Waals surface area contributed by atoms with Gasteiger partial charge in [-0.3, -0.25) is 0 Å². The van der Waals surface area contributed by atoms with Gasteiger partial charge in [0.25, 0.3) is 0 Å². The zero-order chi connectivity index (χ0) is 18.0. The number of aryl methyl sites for hydroxylation is 1. The zero-order valence-corrected chi connectivity index (χ0v) is 16.4. The van der Waals surface area contributed by atoms with Crippen LogP contribution in [0.15, 0.2) is 6.33 Å². The Hall–Kier alpha value is -1.69. The Labute approximate surface area is 153 Å². The topological polar surface area (TPSA) is 55.3 Å². The highest BCUT2D eigenvalue weighted by Crippen LogP contribution is 2.36. The van der Waals surface area contributed by atoms with Crippen molar-refractivity contribution in [1.29, 1.82) is 0 Å². The Morgan fingerprint density at radius 2 is 2.04 bits per heavy atom. The van der Waals surface area contributed by atoms with Crippen LogP contribution in [0.2, 0.25) is 0 Å². The number of rotatable bonds is 5. The molecular weight excluding hydrogens is 334 g/mol. The first kappa shape index (κ1) is 18.1. The number of aromatic nitrogens is 2. The lowest BCUT2D eigenvalue weighted by Gasteiger charge is -2.32. The number of carbonyl (C=O) groups excluding carboxylic acids is 1. The van der Waals surface area contributed by atoms with E-state index in [9.17, 15) is 4.79 Å². The van der Waals surface area contributed by atoms with Gasteiger partial charge >= 0.3 is 5.97 Å². The Bertz CT molecular complexity index is 750. The van der Waals surface area contributed by atoms with Gasteiger partial charge in [-0.05, 0) is 31.2 Å². The first-order valence-corrected chi connectivity index (χ1v) is 9.94. The summed E-state index contributed by atoms with van der Waals surface area (Å²) in [7, 11) is 2.12. The molecule has 0 aromatic carbocycles. The lowest BCUT2D eigenvalue weighted by atomic mass is 9.94. The van der Waals surface area contributed by atoms with Crippen molar-refractivity contribution in [3.05, 3.63) is 16.8 Å². The van der Waals surface area contributed by atoms with Crippen LogP contribution in [-0.4, -0.2) is 35.6 Å². The molecule has 0 aliphatic heterocycles. The minimum Gasteiger partial charge on any atom is -0.461 e. The van der Waals surface area contributed by atoms with Crippen molar-refractivity contribution >= 4 is 33.3 Å². The van der Waals surface area contributed by atoms with Gasteiger partial charge in [0.2, 0.25) is 0 Å². The number of hydrogen-bond donors (Lipinski definition) is 0. The van der Waals surface area contributed by atoms with Crippen LogP contribution in [0.5, 0.6) is 0 Å². The minimum atomic E-state index is -0.250. The van der Waals surface area contributed by atoms with E-state index in [0.717, 1.165) is 21.6 Å². The molecule has 0 spiro atoms. The van der Waals surface area contributed by atoms with Crippen LogP contribution in [0, 0.1) is 12.8 Å². The molecule has 0 N–H and O–H groups in total. The summed E-state index contributed by atoms with van der Waals surface area (Å²) in [4.78, 5) is 25.2. The molecule has 3 rings (SSSR count). The molecular formula is C19H27N3O2S. The van der Waals surface area contributed by atoms with Crippen LogP contribution in [0.25, 0.3) is 10.2 Å². The van der Waals surface area contributed by atoms with Crippen molar-refractivity contribution in [3.8, 4) is 0 Å². The summed E-state index contributed by atoms with van der Waals surface area (Å²) in [6.07, 6.45) is 7.89. The van der Waals surface area contributed by atoms with Gasteiger partial charge in [-0.25, -0.2) is 14.8 Å².